The summed E-state index contributed by atoms with van der Waals surface area (Å²) >= 11 is 3.31. The predicted molar refractivity (Wildman–Crippen MR) is 76.6 cm³/mol. The zero-order valence-corrected chi connectivity index (χ0v) is 13.3. The van der Waals surface area contributed by atoms with Crippen molar-refractivity contribution < 1.29 is 27.8 Å². The van der Waals surface area contributed by atoms with Gasteiger partial charge in [0.15, 0.2) is 0 Å². The molecule has 0 unspecified atom stereocenters. The Hall–Kier alpha value is -1.28. The van der Waals surface area contributed by atoms with Crippen molar-refractivity contribution in [3.63, 3.8) is 0 Å². The van der Waals surface area contributed by atoms with E-state index in [1.807, 2.05) is 0 Å². The molecule has 0 spiro atoms. The lowest BCUT2D eigenvalue weighted by atomic mass is 9.96. The van der Waals surface area contributed by atoms with E-state index in [9.17, 15) is 18.0 Å². The van der Waals surface area contributed by atoms with Gasteiger partial charge < -0.3 is 9.84 Å². The molecule has 0 saturated carbocycles. The van der Waals surface area contributed by atoms with E-state index in [0.29, 0.717) is 11.3 Å². The molecule has 0 aromatic heterocycles. The van der Waals surface area contributed by atoms with E-state index in [-0.39, 0.29) is 19.6 Å². The highest BCUT2D eigenvalue weighted by Gasteiger charge is 2.52. The second kappa shape index (κ2) is 6.45. The number of likely N-dealkylation sites (tertiary alicyclic amines) is 1. The van der Waals surface area contributed by atoms with Gasteiger partial charge in [0.1, 0.15) is 5.75 Å². The summed E-state index contributed by atoms with van der Waals surface area (Å²) in [4.78, 5) is 12.6. The van der Waals surface area contributed by atoms with Crippen molar-refractivity contribution >= 4 is 21.9 Å². The Morgan fingerprint density at radius 2 is 2.14 bits per heavy atom. The second-order valence-corrected chi connectivity index (χ2v) is 6.16. The van der Waals surface area contributed by atoms with E-state index in [2.05, 4.69) is 15.9 Å². The lowest BCUT2D eigenvalue weighted by molar-refractivity contribution is -0.188. The Labute approximate surface area is 134 Å². The molecule has 1 aromatic rings. The number of nitrogens with zero attached hydrogens (tertiary/aromatic N) is 1. The SMILES string of the molecule is COc1ccc(Br)cc1CN1C[C@@H](C(F)(F)F)[C@H](C(=O)O)C1. The zero-order chi connectivity index (χ0) is 16.5. The quantitative estimate of drug-likeness (QED) is 0.870. The van der Waals surface area contributed by atoms with Crippen LogP contribution in [0, 0.1) is 11.8 Å². The predicted octanol–water partition coefficient (Wildman–Crippen LogP) is 3.15. The molecule has 0 radical (unpaired) electrons. The molecule has 0 amide bonds. The molecule has 2 rings (SSSR count). The van der Waals surface area contributed by atoms with Gasteiger partial charge in [0.2, 0.25) is 0 Å². The maximum atomic E-state index is 13.0. The summed E-state index contributed by atoms with van der Waals surface area (Å²) in [6.45, 7) is -0.246. The van der Waals surface area contributed by atoms with E-state index >= 15 is 0 Å². The molecule has 8 heteroatoms. The summed E-state index contributed by atoms with van der Waals surface area (Å²) in [6, 6.07) is 5.24. The summed E-state index contributed by atoms with van der Waals surface area (Å²) in [5, 5.41) is 9.02. The van der Waals surface area contributed by atoms with E-state index in [1.54, 1.807) is 18.2 Å². The fourth-order valence-electron chi connectivity index (χ4n) is 2.71. The maximum Gasteiger partial charge on any atom is 0.393 e. The average Bonchev–Trinajstić information content (AvgIpc) is 2.83. The number of methoxy groups -OCH3 is 1. The van der Waals surface area contributed by atoms with Gasteiger partial charge in [-0.3, -0.25) is 9.69 Å². The van der Waals surface area contributed by atoms with Crippen LogP contribution in [-0.2, 0) is 11.3 Å². The number of hydrogen-bond donors (Lipinski definition) is 1. The number of halogens is 4. The molecule has 4 nitrogen and oxygen atoms in total. The van der Waals surface area contributed by atoms with E-state index in [1.165, 1.54) is 12.0 Å². The number of aliphatic carboxylic acids is 1. The monoisotopic (exact) mass is 381 g/mol. The first-order chi connectivity index (χ1) is 10.2. The number of carboxylic acids is 1. The van der Waals surface area contributed by atoms with Crippen LogP contribution in [0.4, 0.5) is 13.2 Å². The second-order valence-electron chi connectivity index (χ2n) is 5.24. The van der Waals surface area contributed by atoms with Gasteiger partial charge in [-0.15, -0.1) is 0 Å². The largest absolute Gasteiger partial charge is 0.496 e. The Bertz CT molecular complexity index is 565. The fraction of sp³-hybridized carbons (Fsp3) is 0.500. The lowest BCUT2D eigenvalue weighted by Gasteiger charge is -2.19. The van der Waals surface area contributed by atoms with Crippen molar-refractivity contribution in [1.82, 2.24) is 4.90 Å². The smallest absolute Gasteiger partial charge is 0.393 e. The molecule has 1 aromatic carbocycles. The van der Waals surface area contributed by atoms with Gasteiger partial charge in [-0.2, -0.15) is 13.2 Å². The minimum atomic E-state index is -4.51. The van der Waals surface area contributed by atoms with Gasteiger partial charge in [0.05, 0.1) is 18.9 Å². The summed E-state index contributed by atoms with van der Waals surface area (Å²) in [5.74, 6) is -4.13. The van der Waals surface area contributed by atoms with Crippen LogP contribution in [0.15, 0.2) is 22.7 Å². The van der Waals surface area contributed by atoms with Crippen molar-refractivity contribution in [3.05, 3.63) is 28.2 Å². The van der Waals surface area contributed by atoms with E-state index in [0.717, 1.165) is 4.47 Å². The highest BCUT2D eigenvalue weighted by molar-refractivity contribution is 9.10. The summed E-state index contributed by atoms with van der Waals surface area (Å²) in [7, 11) is 1.48. The van der Waals surface area contributed by atoms with Gasteiger partial charge in [-0.25, -0.2) is 0 Å². The van der Waals surface area contributed by atoms with Gasteiger partial charge in [-0.1, -0.05) is 15.9 Å². The first-order valence-electron chi connectivity index (χ1n) is 6.56. The maximum absolute atomic E-state index is 13.0. The number of rotatable bonds is 4. The number of ether oxygens (including phenoxy) is 1. The van der Waals surface area contributed by atoms with E-state index < -0.39 is 24.0 Å². The topological polar surface area (TPSA) is 49.8 Å². The molecule has 1 N–H and O–H groups in total. The number of carbonyl (C=O) groups is 1. The Morgan fingerprint density at radius 3 is 2.64 bits per heavy atom. The van der Waals surface area contributed by atoms with E-state index in [4.69, 9.17) is 9.84 Å². The van der Waals surface area contributed by atoms with Crippen LogP contribution in [0.3, 0.4) is 0 Å². The van der Waals surface area contributed by atoms with Crippen LogP contribution >= 0.6 is 15.9 Å². The minimum Gasteiger partial charge on any atom is -0.496 e. The molecular weight excluding hydrogens is 367 g/mol. The zero-order valence-electron chi connectivity index (χ0n) is 11.7. The lowest BCUT2D eigenvalue weighted by Crippen LogP contribution is -2.33. The highest BCUT2D eigenvalue weighted by atomic mass is 79.9. The number of hydrogen-bond acceptors (Lipinski definition) is 3. The molecule has 1 aliphatic rings. The average molecular weight is 382 g/mol. The molecule has 2 atom stereocenters. The fourth-order valence-corrected chi connectivity index (χ4v) is 3.12. The molecule has 22 heavy (non-hydrogen) atoms. The normalized spacial score (nSPS) is 22.8. The molecule has 1 heterocycles. The van der Waals surface area contributed by atoms with Gasteiger partial charge in [0.25, 0.3) is 0 Å². The minimum absolute atomic E-state index is 0.130. The van der Waals surface area contributed by atoms with Crippen molar-refractivity contribution in [3.8, 4) is 5.75 Å². The van der Waals surface area contributed by atoms with Crippen LogP contribution in [0.1, 0.15) is 5.56 Å². The molecule has 0 aliphatic carbocycles. The third-order valence-electron chi connectivity index (χ3n) is 3.77. The summed E-state index contributed by atoms with van der Waals surface area (Å²) in [6.07, 6.45) is -4.51. The van der Waals surface area contributed by atoms with Crippen LogP contribution in [-0.4, -0.2) is 42.4 Å². The van der Waals surface area contributed by atoms with Gasteiger partial charge in [-0.05, 0) is 18.2 Å². The van der Waals surface area contributed by atoms with Crippen LogP contribution in [0.25, 0.3) is 0 Å². The first-order valence-corrected chi connectivity index (χ1v) is 7.36. The summed E-state index contributed by atoms with van der Waals surface area (Å²) in [5.41, 5.74) is 0.712. The standard InChI is InChI=1S/C14H15BrF3NO3/c1-22-12-3-2-9(15)4-8(12)5-19-6-10(13(20)21)11(7-19)14(16,17)18/h2-4,10-11H,5-7H2,1H3,(H,20,21)/t10-,11-/m1/s1. The molecule has 1 fully saturated rings. The molecule has 1 saturated heterocycles. The number of carboxylic acid groups (broad SMARTS) is 1. The Balaban J connectivity index is 2.18. The van der Waals surface area contributed by atoms with Gasteiger partial charge >= 0.3 is 12.1 Å². The number of benzene rings is 1. The third-order valence-corrected chi connectivity index (χ3v) is 4.26. The molecule has 1 aliphatic heterocycles. The Kier molecular flexibility index (Phi) is 5.01. The van der Waals surface area contributed by atoms with Crippen molar-refractivity contribution in [2.75, 3.05) is 20.2 Å². The molecule has 122 valence electrons. The Morgan fingerprint density at radius 1 is 1.45 bits per heavy atom. The first kappa shape index (κ1) is 17.1. The van der Waals surface area contributed by atoms with Crippen molar-refractivity contribution in [1.29, 1.82) is 0 Å². The van der Waals surface area contributed by atoms with Crippen LogP contribution in [0.2, 0.25) is 0 Å². The third kappa shape index (κ3) is 3.73. The van der Waals surface area contributed by atoms with Crippen molar-refractivity contribution in [2.24, 2.45) is 11.8 Å². The van der Waals surface area contributed by atoms with Gasteiger partial charge in [0, 0.05) is 29.7 Å². The highest BCUT2D eigenvalue weighted by Crippen LogP contribution is 2.38. The molecular formula is C14H15BrF3NO3. The van der Waals surface area contributed by atoms with Crippen LogP contribution < -0.4 is 4.74 Å². The summed E-state index contributed by atoms with van der Waals surface area (Å²) < 4.78 is 44.9. The number of alkyl halides is 3. The molecule has 0 bridgehead atoms. The van der Waals surface area contributed by atoms with Crippen molar-refractivity contribution in [2.45, 2.75) is 12.7 Å². The van der Waals surface area contributed by atoms with Crippen LogP contribution in [0.5, 0.6) is 5.75 Å².